The highest BCUT2D eigenvalue weighted by Crippen LogP contribution is 2.24. The third-order valence-electron chi connectivity index (χ3n) is 4.37. The largest absolute Gasteiger partial charge is 0.368 e. The molecular formula is C19H22BrN3O. The lowest BCUT2D eigenvalue weighted by Crippen LogP contribution is -2.51. The molecule has 1 heterocycles. The number of amides is 2. The summed E-state index contributed by atoms with van der Waals surface area (Å²) in [5.41, 5.74) is 3.56. The second-order valence-corrected chi connectivity index (χ2v) is 6.91. The van der Waals surface area contributed by atoms with E-state index in [9.17, 15) is 4.79 Å². The summed E-state index contributed by atoms with van der Waals surface area (Å²) >= 11 is 3.59. The van der Waals surface area contributed by atoms with Crippen LogP contribution in [-0.4, -0.2) is 37.1 Å². The third-order valence-corrected chi connectivity index (χ3v) is 5.23. The predicted molar refractivity (Wildman–Crippen MR) is 101 cm³/mol. The molecule has 2 aromatic carbocycles. The summed E-state index contributed by atoms with van der Waals surface area (Å²) < 4.78 is 1.13. The van der Waals surface area contributed by atoms with Gasteiger partial charge in [-0.15, -0.1) is 0 Å². The second kappa shape index (κ2) is 7.71. The van der Waals surface area contributed by atoms with Crippen molar-refractivity contribution in [3.63, 3.8) is 0 Å². The lowest BCUT2D eigenvalue weighted by Gasteiger charge is -2.36. The van der Waals surface area contributed by atoms with Crippen LogP contribution in [0.2, 0.25) is 0 Å². The molecule has 0 atom stereocenters. The molecule has 0 aliphatic carbocycles. The van der Waals surface area contributed by atoms with Gasteiger partial charge in [0.05, 0.1) is 0 Å². The molecule has 2 amide bonds. The van der Waals surface area contributed by atoms with Crippen molar-refractivity contribution >= 4 is 27.6 Å². The zero-order chi connectivity index (χ0) is 16.9. The Hall–Kier alpha value is -2.01. The van der Waals surface area contributed by atoms with Crippen LogP contribution < -0.4 is 10.2 Å². The van der Waals surface area contributed by atoms with Crippen molar-refractivity contribution in [3.05, 3.63) is 64.1 Å². The lowest BCUT2D eigenvalue weighted by molar-refractivity contribution is 0.194. The molecule has 0 aromatic heterocycles. The number of benzene rings is 2. The first-order valence-corrected chi connectivity index (χ1v) is 9.00. The number of aryl methyl sites for hydroxylation is 1. The number of anilines is 1. The van der Waals surface area contributed by atoms with Crippen molar-refractivity contribution in [3.8, 4) is 0 Å². The van der Waals surface area contributed by atoms with Gasteiger partial charge in [-0.3, -0.25) is 0 Å². The van der Waals surface area contributed by atoms with Crippen LogP contribution in [0.15, 0.2) is 53.0 Å². The number of hydrogen-bond acceptors (Lipinski definition) is 2. The van der Waals surface area contributed by atoms with E-state index in [2.05, 4.69) is 51.3 Å². The van der Waals surface area contributed by atoms with Gasteiger partial charge in [0.1, 0.15) is 0 Å². The molecular weight excluding hydrogens is 366 g/mol. The Morgan fingerprint density at radius 2 is 1.79 bits per heavy atom. The van der Waals surface area contributed by atoms with Gasteiger partial charge in [0, 0.05) is 42.9 Å². The predicted octanol–water partition coefficient (Wildman–Crippen LogP) is 3.79. The molecule has 1 aliphatic rings. The number of carbonyl (C=O) groups is 1. The van der Waals surface area contributed by atoms with Gasteiger partial charge in [0.2, 0.25) is 0 Å². The molecule has 1 saturated heterocycles. The van der Waals surface area contributed by atoms with Crippen molar-refractivity contribution in [1.29, 1.82) is 0 Å². The van der Waals surface area contributed by atoms with E-state index in [1.165, 1.54) is 11.3 Å². The molecule has 1 aliphatic heterocycles. The number of nitrogens with zero attached hydrogens (tertiary/aromatic N) is 2. The Morgan fingerprint density at radius 3 is 2.46 bits per heavy atom. The molecule has 1 fully saturated rings. The number of urea groups is 1. The van der Waals surface area contributed by atoms with Crippen LogP contribution in [0.25, 0.3) is 0 Å². The van der Waals surface area contributed by atoms with Gasteiger partial charge in [-0.1, -0.05) is 52.3 Å². The highest BCUT2D eigenvalue weighted by atomic mass is 79.9. The summed E-state index contributed by atoms with van der Waals surface area (Å²) in [5, 5.41) is 3.00. The Morgan fingerprint density at radius 1 is 1.08 bits per heavy atom. The first-order valence-electron chi connectivity index (χ1n) is 8.21. The molecule has 1 N–H and O–H groups in total. The standard InChI is InChI=1S/C19H22BrN3O/c1-15-7-8-17(13-18(15)20)22-9-11-23(12-10-22)19(24)21-14-16-5-3-2-4-6-16/h2-8,13H,9-12,14H2,1H3,(H,21,24). The number of carbonyl (C=O) groups excluding carboxylic acids is 1. The second-order valence-electron chi connectivity index (χ2n) is 6.05. The Kier molecular flexibility index (Phi) is 5.41. The normalized spacial score (nSPS) is 14.6. The minimum Gasteiger partial charge on any atom is -0.368 e. The van der Waals surface area contributed by atoms with Crippen LogP contribution >= 0.6 is 15.9 Å². The summed E-state index contributed by atoms with van der Waals surface area (Å²) in [5.74, 6) is 0. The minimum absolute atomic E-state index is 0.0172. The van der Waals surface area contributed by atoms with Crippen molar-refractivity contribution in [2.45, 2.75) is 13.5 Å². The van der Waals surface area contributed by atoms with E-state index in [1.807, 2.05) is 35.2 Å². The summed E-state index contributed by atoms with van der Waals surface area (Å²) in [6.45, 7) is 5.86. The first kappa shape index (κ1) is 16.8. The minimum atomic E-state index is 0.0172. The summed E-state index contributed by atoms with van der Waals surface area (Å²) in [7, 11) is 0. The van der Waals surface area contributed by atoms with E-state index in [1.54, 1.807) is 0 Å². The molecule has 0 saturated carbocycles. The van der Waals surface area contributed by atoms with Gasteiger partial charge in [-0.25, -0.2) is 4.79 Å². The van der Waals surface area contributed by atoms with Crippen molar-refractivity contribution in [1.82, 2.24) is 10.2 Å². The van der Waals surface area contributed by atoms with Crippen LogP contribution in [0.4, 0.5) is 10.5 Å². The maximum Gasteiger partial charge on any atom is 0.317 e. The van der Waals surface area contributed by atoms with Crippen molar-refractivity contribution in [2.75, 3.05) is 31.1 Å². The van der Waals surface area contributed by atoms with E-state index >= 15 is 0 Å². The van der Waals surface area contributed by atoms with E-state index in [4.69, 9.17) is 0 Å². The highest BCUT2D eigenvalue weighted by molar-refractivity contribution is 9.10. The van der Waals surface area contributed by atoms with E-state index in [0.717, 1.165) is 36.2 Å². The number of halogens is 1. The Bertz CT molecular complexity index is 697. The average molecular weight is 388 g/mol. The molecule has 3 rings (SSSR count). The number of nitrogens with one attached hydrogen (secondary N) is 1. The molecule has 0 radical (unpaired) electrons. The SMILES string of the molecule is Cc1ccc(N2CCN(C(=O)NCc3ccccc3)CC2)cc1Br. The van der Waals surface area contributed by atoms with Crippen molar-refractivity contribution < 1.29 is 4.79 Å². The molecule has 24 heavy (non-hydrogen) atoms. The topological polar surface area (TPSA) is 35.6 Å². The zero-order valence-electron chi connectivity index (χ0n) is 13.8. The van der Waals surface area contributed by atoms with Crippen LogP contribution in [-0.2, 0) is 6.54 Å². The highest BCUT2D eigenvalue weighted by Gasteiger charge is 2.21. The van der Waals surface area contributed by atoms with Gasteiger partial charge in [0.15, 0.2) is 0 Å². The maximum atomic E-state index is 12.3. The summed E-state index contributed by atoms with van der Waals surface area (Å²) in [6.07, 6.45) is 0. The molecule has 0 unspecified atom stereocenters. The molecule has 2 aromatic rings. The fraction of sp³-hybridized carbons (Fsp3) is 0.316. The fourth-order valence-electron chi connectivity index (χ4n) is 2.83. The summed E-state index contributed by atoms with van der Waals surface area (Å²) in [6, 6.07) is 16.4. The maximum absolute atomic E-state index is 12.3. The van der Waals surface area contributed by atoms with E-state index in [-0.39, 0.29) is 6.03 Å². The molecule has 126 valence electrons. The first-order chi connectivity index (χ1) is 11.6. The van der Waals surface area contributed by atoms with Crippen LogP contribution in [0.3, 0.4) is 0 Å². The smallest absolute Gasteiger partial charge is 0.317 e. The van der Waals surface area contributed by atoms with Gasteiger partial charge < -0.3 is 15.1 Å². The molecule has 0 spiro atoms. The molecule has 5 heteroatoms. The van der Waals surface area contributed by atoms with Gasteiger partial charge >= 0.3 is 6.03 Å². The lowest BCUT2D eigenvalue weighted by atomic mass is 10.2. The van der Waals surface area contributed by atoms with E-state index in [0.29, 0.717) is 6.54 Å². The number of hydrogen-bond donors (Lipinski definition) is 1. The third kappa shape index (κ3) is 4.09. The fourth-order valence-corrected chi connectivity index (χ4v) is 3.20. The monoisotopic (exact) mass is 387 g/mol. The van der Waals surface area contributed by atoms with Crippen LogP contribution in [0, 0.1) is 6.92 Å². The Labute approximate surface area is 151 Å². The van der Waals surface area contributed by atoms with Gasteiger partial charge in [0.25, 0.3) is 0 Å². The Balaban J connectivity index is 1.51. The van der Waals surface area contributed by atoms with Gasteiger partial charge in [-0.2, -0.15) is 0 Å². The van der Waals surface area contributed by atoms with Crippen LogP contribution in [0.5, 0.6) is 0 Å². The molecule has 4 nitrogen and oxygen atoms in total. The molecule has 0 bridgehead atoms. The van der Waals surface area contributed by atoms with E-state index < -0.39 is 0 Å². The number of piperazine rings is 1. The summed E-state index contributed by atoms with van der Waals surface area (Å²) in [4.78, 5) is 16.5. The quantitative estimate of drug-likeness (QED) is 0.869. The zero-order valence-corrected chi connectivity index (χ0v) is 15.4. The average Bonchev–Trinajstić information content (AvgIpc) is 2.63. The van der Waals surface area contributed by atoms with Gasteiger partial charge in [-0.05, 0) is 30.2 Å². The van der Waals surface area contributed by atoms with Crippen LogP contribution in [0.1, 0.15) is 11.1 Å². The number of rotatable bonds is 3. The van der Waals surface area contributed by atoms with Crippen molar-refractivity contribution in [2.24, 2.45) is 0 Å².